The topological polar surface area (TPSA) is 57.2 Å². The van der Waals surface area contributed by atoms with E-state index in [0.717, 1.165) is 24.3 Å². The van der Waals surface area contributed by atoms with Crippen molar-refractivity contribution in [3.63, 3.8) is 0 Å². The van der Waals surface area contributed by atoms with Crippen molar-refractivity contribution < 1.29 is 42.5 Å². The second kappa shape index (κ2) is 15.1. The van der Waals surface area contributed by atoms with Crippen molar-refractivity contribution in [2.45, 2.75) is 95.8 Å². The Morgan fingerprint density at radius 3 is 1.62 bits per heavy atom. The minimum Gasteiger partial charge on any atom is -0.744 e. The van der Waals surface area contributed by atoms with Gasteiger partial charge in [-0.25, -0.2) is 8.42 Å². The fourth-order valence-corrected chi connectivity index (χ4v) is 3.59. The van der Waals surface area contributed by atoms with Gasteiger partial charge >= 0.3 is 29.6 Å². The van der Waals surface area contributed by atoms with Gasteiger partial charge in [-0.1, -0.05) is 90.2 Å². The van der Waals surface area contributed by atoms with E-state index in [9.17, 15) is 13.0 Å². The molecule has 1 rings (SSSR count). The Balaban J connectivity index is 0.00000625. The van der Waals surface area contributed by atoms with Crippen LogP contribution in [-0.4, -0.2) is 13.0 Å². The van der Waals surface area contributed by atoms with Crippen LogP contribution >= 0.6 is 0 Å². The molecule has 5 heteroatoms. The average Bonchev–Trinajstić information content (AvgIpc) is 2.55. The van der Waals surface area contributed by atoms with Crippen molar-refractivity contribution in [1.29, 1.82) is 0 Å². The normalized spacial score (nSPS) is 11.5. The number of hydrogen-bond donors (Lipinski definition) is 0. The molecule has 0 aliphatic carbocycles. The van der Waals surface area contributed by atoms with Gasteiger partial charge in [-0.05, 0) is 36.5 Å². The third-order valence-electron chi connectivity index (χ3n) is 4.71. The van der Waals surface area contributed by atoms with Gasteiger partial charge in [-0.3, -0.25) is 0 Å². The summed E-state index contributed by atoms with van der Waals surface area (Å²) in [7, 11) is -4.32. The summed E-state index contributed by atoms with van der Waals surface area (Å²) in [6.45, 7) is 4.60. The smallest absolute Gasteiger partial charge is 0.744 e. The summed E-state index contributed by atoms with van der Waals surface area (Å²) in [6.07, 6.45) is 15.5. The molecule has 26 heavy (non-hydrogen) atoms. The maximum Gasteiger partial charge on any atom is 1.00 e. The Bertz CT molecular complexity index is 553. The van der Waals surface area contributed by atoms with Crippen LogP contribution in [0, 0.1) is 5.92 Å². The summed E-state index contributed by atoms with van der Waals surface area (Å²) >= 11 is 0. The van der Waals surface area contributed by atoms with Crippen LogP contribution in [-0.2, 0) is 16.5 Å². The first-order chi connectivity index (χ1) is 11.9. The number of rotatable bonds is 14. The van der Waals surface area contributed by atoms with Crippen molar-refractivity contribution >= 4 is 10.1 Å². The molecule has 3 nitrogen and oxygen atoms in total. The SMILES string of the molecule is CC(C)CCCCCCCCCCCCc1ccc(S(=O)(=O)[O-])cc1.[Na+]. The second-order valence-electron chi connectivity index (χ2n) is 7.57. The third-order valence-corrected chi connectivity index (χ3v) is 5.56. The summed E-state index contributed by atoms with van der Waals surface area (Å²) in [5, 5.41) is 0. The Labute approximate surface area is 183 Å². The van der Waals surface area contributed by atoms with E-state index in [1.807, 2.05) is 0 Å². The van der Waals surface area contributed by atoms with Crippen LogP contribution in [0.15, 0.2) is 29.2 Å². The van der Waals surface area contributed by atoms with Crippen LogP contribution in [0.1, 0.15) is 90.0 Å². The fourth-order valence-electron chi connectivity index (χ4n) is 3.12. The third kappa shape index (κ3) is 13.3. The molecular weight excluding hydrogens is 355 g/mol. The van der Waals surface area contributed by atoms with E-state index in [-0.39, 0.29) is 34.5 Å². The zero-order valence-corrected chi connectivity index (χ0v) is 19.8. The molecule has 0 bridgehead atoms. The van der Waals surface area contributed by atoms with Gasteiger partial charge in [0.05, 0.1) is 4.90 Å². The zero-order valence-electron chi connectivity index (χ0n) is 17.0. The molecule has 0 spiro atoms. The van der Waals surface area contributed by atoms with Crippen LogP contribution in [0.5, 0.6) is 0 Å². The van der Waals surface area contributed by atoms with E-state index >= 15 is 0 Å². The summed E-state index contributed by atoms with van der Waals surface area (Å²) in [4.78, 5) is -0.138. The summed E-state index contributed by atoms with van der Waals surface area (Å²) in [5.41, 5.74) is 1.11. The van der Waals surface area contributed by atoms with Crippen molar-refractivity contribution in [3.05, 3.63) is 29.8 Å². The molecule has 0 aromatic heterocycles. The van der Waals surface area contributed by atoms with Crippen molar-refractivity contribution in [2.75, 3.05) is 0 Å². The van der Waals surface area contributed by atoms with Crippen molar-refractivity contribution in [3.8, 4) is 0 Å². The van der Waals surface area contributed by atoms with Crippen LogP contribution < -0.4 is 29.6 Å². The largest absolute Gasteiger partial charge is 1.00 e. The number of unbranched alkanes of at least 4 members (excludes halogenated alkanes) is 9. The van der Waals surface area contributed by atoms with E-state index in [0.29, 0.717) is 0 Å². The number of aryl methyl sites for hydroxylation is 1. The first kappa shape index (κ1) is 26.1. The zero-order chi connectivity index (χ0) is 18.5. The molecule has 144 valence electrons. The van der Waals surface area contributed by atoms with Gasteiger partial charge in [0.15, 0.2) is 0 Å². The summed E-state index contributed by atoms with van der Waals surface area (Å²) in [6, 6.07) is 6.34. The minimum absolute atomic E-state index is 0. The van der Waals surface area contributed by atoms with Gasteiger partial charge in [0, 0.05) is 0 Å². The van der Waals surface area contributed by atoms with Crippen LogP contribution in [0.4, 0.5) is 0 Å². The molecule has 1 aromatic rings. The average molecular weight is 391 g/mol. The number of benzene rings is 1. The monoisotopic (exact) mass is 390 g/mol. The predicted octanol–water partition coefficient (Wildman–Crippen LogP) is 3.08. The van der Waals surface area contributed by atoms with E-state index in [1.54, 1.807) is 12.1 Å². The standard InChI is InChI=1S/C21H36O3S.Na/c1-19(2)13-11-9-7-5-3-4-6-8-10-12-14-20-15-17-21(18-16-20)25(22,23)24;/h15-19H,3-14H2,1-2H3,(H,22,23,24);/q;+1/p-1. The molecule has 0 N–H and O–H groups in total. The molecule has 0 amide bonds. The van der Waals surface area contributed by atoms with Gasteiger partial charge < -0.3 is 4.55 Å². The van der Waals surface area contributed by atoms with Crippen LogP contribution in [0.2, 0.25) is 0 Å². The van der Waals surface area contributed by atoms with Crippen molar-refractivity contribution in [2.24, 2.45) is 5.92 Å². The summed E-state index contributed by atoms with van der Waals surface area (Å²) < 4.78 is 32.6. The van der Waals surface area contributed by atoms with Gasteiger partial charge in [-0.2, -0.15) is 0 Å². The molecule has 0 aliphatic heterocycles. The predicted molar refractivity (Wildman–Crippen MR) is 104 cm³/mol. The molecule has 0 saturated carbocycles. The molecule has 0 aliphatic rings. The minimum atomic E-state index is -4.32. The summed E-state index contributed by atoms with van der Waals surface area (Å²) in [5.74, 6) is 0.845. The molecule has 0 unspecified atom stereocenters. The van der Waals surface area contributed by atoms with E-state index in [2.05, 4.69) is 13.8 Å². The van der Waals surface area contributed by atoms with Crippen LogP contribution in [0.3, 0.4) is 0 Å². The molecule has 0 radical (unpaired) electrons. The molecular formula is C21H35NaO3S. The Morgan fingerprint density at radius 2 is 1.19 bits per heavy atom. The maximum absolute atomic E-state index is 10.9. The van der Waals surface area contributed by atoms with Gasteiger partial charge in [-0.15, -0.1) is 0 Å². The van der Waals surface area contributed by atoms with Gasteiger partial charge in [0.1, 0.15) is 10.1 Å². The van der Waals surface area contributed by atoms with E-state index < -0.39 is 10.1 Å². The Hall–Kier alpha value is 0.130. The quantitative estimate of drug-likeness (QED) is 0.279. The molecule has 0 fully saturated rings. The molecule has 0 heterocycles. The fraction of sp³-hybridized carbons (Fsp3) is 0.714. The van der Waals surface area contributed by atoms with Crippen molar-refractivity contribution in [1.82, 2.24) is 0 Å². The van der Waals surface area contributed by atoms with Gasteiger partial charge in [0.25, 0.3) is 0 Å². The molecule has 1 aromatic carbocycles. The van der Waals surface area contributed by atoms with Gasteiger partial charge in [0.2, 0.25) is 0 Å². The molecule has 0 atom stereocenters. The Kier molecular flexibility index (Phi) is 15.2. The van der Waals surface area contributed by atoms with E-state index in [4.69, 9.17) is 0 Å². The first-order valence-electron chi connectivity index (χ1n) is 9.94. The Morgan fingerprint density at radius 1 is 0.769 bits per heavy atom. The maximum atomic E-state index is 10.9. The second-order valence-corrected chi connectivity index (χ2v) is 8.95. The molecule has 0 saturated heterocycles. The number of hydrogen-bond acceptors (Lipinski definition) is 3. The first-order valence-corrected chi connectivity index (χ1v) is 11.4. The van der Waals surface area contributed by atoms with Crippen LogP contribution in [0.25, 0.3) is 0 Å². The van der Waals surface area contributed by atoms with E-state index in [1.165, 1.54) is 76.3 Å².